The Hall–Kier alpha value is -2.14. The zero-order valence-corrected chi connectivity index (χ0v) is 16.3. The third-order valence-corrected chi connectivity index (χ3v) is 6.09. The molecular formula is C20H23O6P. The van der Waals surface area contributed by atoms with Crippen molar-refractivity contribution in [2.45, 2.75) is 26.7 Å². The standard InChI is InChI=1S/C20H23O6P/c1-3-25-27(23,26-4-2)13-24-19-11-9-16(14-6-5-7-15(21)12-14)17-8-10-18(22)20(17)19/h5-7,9,11-12,21H,3-4,8,10,13H2,1-2H3. The minimum absolute atomic E-state index is 0.00958. The van der Waals surface area contributed by atoms with Crippen molar-refractivity contribution in [1.82, 2.24) is 0 Å². The van der Waals surface area contributed by atoms with Gasteiger partial charge in [-0.15, -0.1) is 0 Å². The molecule has 0 spiro atoms. The molecule has 6 nitrogen and oxygen atoms in total. The van der Waals surface area contributed by atoms with Crippen LogP contribution in [0.25, 0.3) is 11.1 Å². The smallest absolute Gasteiger partial charge is 0.367 e. The van der Waals surface area contributed by atoms with Crippen LogP contribution in [0.3, 0.4) is 0 Å². The molecule has 0 atom stereocenters. The van der Waals surface area contributed by atoms with Crippen molar-refractivity contribution in [3.63, 3.8) is 0 Å². The normalized spacial score (nSPS) is 13.6. The molecule has 0 fully saturated rings. The molecule has 1 aliphatic carbocycles. The van der Waals surface area contributed by atoms with E-state index in [2.05, 4.69) is 0 Å². The largest absolute Gasteiger partial charge is 0.508 e. The highest BCUT2D eigenvalue weighted by Gasteiger charge is 2.30. The lowest BCUT2D eigenvalue weighted by atomic mass is 9.96. The number of hydrogen-bond acceptors (Lipinski definition) is 6. The average molecular weight is 390 g/mol. The zero-order valence-electron chi connectivity index (χ0n) is 15.4. The molecule has 0 aliphatic heterocycles. The molecule has 0 radical (unpaired) electrons. The Morgan fingerprint density at radius 1 is 1.07 bits per heavy atom. The van der Waals surface area contributed by atoms with Crippen molar-refractivity contribution in [3.05, 3.63) is 47.5 Å². The van der Waals surface area contributed by atoms with Gasteiger partial charge in [-0.05, 0) is 55.2 Å². The Bertz CT molecular complexity index is 882. The number of phenolic OH excluding ortho intramolecular Hbond substituents is 1. The first-order valence-corrected chi connectivity index (χ1v) is 10.7. The van der Waals surface area contributed by atoms with Crippen LogP contribution < -0.4 is 4.74 Å². The maximum Gasteiger partial charge on any atom is 0.367 e. The molecular weight excluding hydrogens is 367 g/mol. The predicted molar refractivity (Wildman–Crippen MR) is 103 cm³/mol. The van der Waals surface area contributed by atoms with Crippen LogP contribution >= 0.6 is 7.60 Å². The Balaban J connectivity index is 1.93. The molecule has 0 saturated heterocycles. The van der Waals surface area contributed by atoms with E-state index in [1.54, 1.807) is 38.1 Å². The number of carbonyl (C=O) groups is 1. The summed E-state index contributed by atoms with van der Waals surface area (Å²) in [6.45, 7) is 3.95. The van der Waals surface area contributed by atoms with Gasteiger partial charge in [-0.3, -0.25) is 9.36 Å². The summed E-state index contributed by atoms with van der Waals surface area (Å²) in [4.78, 5) is 12.5. The summed E-state index contributed by atoms with van der Waals surface area (Å²) < 4.78 is 28.8. The second kappa shape index (κ2) is 8.26. The predicted octanol–water partition coefficient (Wildman–Crippen LogP) is 4.79. The van der Waals surface area contributed by atoms with Crippen LogP contribution in [0.4, 0.5) is 0 Å². The van der Waals surface area contributed by atoms with Crippen LogP contribution in [-0.4, -0.2) is 30.5 Å². The molecule has 0 amide bonds. The Kier molecular flexibility index (Phi) is 6.00. The van der Waals surface area contributed by atoms with E-state index < -0.39 is 7.60 Å². The molecule has 0 saturated carbocycles. The van der Waals surface area contributed by atoms with Crippen molar-refractivity contribution in [2.24, 2.45) is 0 Å². The highest BCUT2D eigenvalue weighted by atomic mass is 31.2. The molecule has 0 heterocycles. The fourth-order valence-corrected chi connectivity index (χ4v) is 4.58. The summed E-state index contributed by atoms with van der Waals surface area (Å²) in [7, 11) is -3.37. The van der Waals surface area contributed by atoms with Gasteiger partial charge in [0, 0.05) is 6.42 Å². The van der Waals surface area contributed by atoms with E-state index in [0.29, 0.717) is 24.2 Å². The van der Waals surface area contributed by atoms with Crippen LogP contribution in [0, 0.1) is 0 Å². The third kappa shape index (κ3) is 4.24. The van der Waals surface area contributed by atoms with Crippen LogP contribution in [0.2, 0.25) is 0 Å². The number of ether oxygens (including phenoxy) is 1. The van der Waals surface area contributed by atoms with Gasteiger partial charge in [0.15, 0.2) is 12.1 Å². The average Bonchev–Trinajstić information content (AvgIpc) is 3.02. The number of Topliss-reactive ketones (excluding diaryl/α,β-unsaturated/α-hetero) is 1. The summed E-state index contributed by atoms with van der Waals surface area (Å²) >= 11 is 0. The lowest BCUT2D eigenvalue weighted by molar-refractivity contribution is 0.0990. The first kappa shape index (κ1) is 19.6. The number of aromatic hydroxyl groups is 1. The molecule has 0 aromatic heterocycles. The summed E-state index contributed by atoms with van der Waals surface area (Å²) in [6, 6.07) is 10.5. The Labute approximate surface area is 158 Å². The van der Waals surface area contributed by atoms with Gasteiger partial charge in [0.05, 0.1) is 18.8 Å². The van der Waals surface area contributed by atoms with Gasteiger partial charge in [-0.25, -0.2) is 0 Å². The van der Waals surface area contributed by atoms with E-state index in [1.165, 1.54) is 0 Å². The van der Waals surface area contributed by atoms with E-state index in [9.17, 15) is 14.5 Å². The van der Waals surface area contributed by atoms with Crippen LogP contribution in [0.15, 0.2) is 36.4 Å². The lowest BCUT2D eigenvalue weighted by Crippen LogP contribution is -2.08. The van der Waals surface area contributed by atoms with E-state index in [4.69, 9.17) is 13.8 Å². The minimum atomic E-state index is -3.37. The maximum atomic E-state index is 12.6. The molecule has 1 aliphatic rings. The zero-order chi connectivity index (χ0) is 19.4. The van der Waals surface area contributed by atoms with Crippen LogP contribution in [0.5, 0.6) is 11.5 Å². The molecule has 27 heavy (non-hydrogen) atoms. The summed E-state index contributed by atoms with van der Waals surface area (Å²) in [5.41, 5.74) is 3.11. The molecule has 2 aromatic rings. The van der Waals surface area contributed by atoms with Crippen LogP contribution in [-0.2, 0) is 20.0 Å². The number of carbonyl (C=O) groups excluding carboxylic acids is 1. The van der Waals surface area contributed by atoms with E-state index in [0.717, 1.165) is 16.7 Å². The van der Waals surface area contributed by atoms with Crippen LogP contribution in [0.1, 0.15) is 36.2 Å². The Morgan fingerprint density at radius 3 is 2.48 bits per heavy atom. The molecule has 7 heteroatoms. The number of rotatable bonds is 8. The first-order chi connectivity index (χ1) is 13.0. The second-order valence-corrected chi connectivity index (χ2v) is 8.15. The summed E-state index contributed by atoms with van der Waals surface area (Å²) in [5.74, 6) is 0.543. The lowest BCUT2D eigenvalue weighted by Gasteiger charge is -2.19. The van der Waals surface area contributed by atoms with Crippen molar-refractivity contribution in [3.8, 4) is 22.6 Å². The second-order valence-electron chi connectivity index (χ2n) is 6.16. The van der Waals surface area contributed by atoms with Crippen molar-refractivity contribution in [1.29, 1.82) is 0 Å². The maximum absolute atomic E-state index is 12.6. The molecule has 144 valence electrons. The number of benzene rings is 2. The SMILES string of the molecule is CCOP(=O)(COc1ccc(-c2cccc(O)c2)c2c1C(=O)CC2)OCC. The number of phenols is 1. The van der Waals surface area contributed by atoms with Gasteiger partial charge < -0.3 is 18.9 Å². The minimum Gasteiger partial charge on any atom is -0.508 e. The molecule has 1 N–H and O–H groups in total. The van der Waals surface area contributed by atoms with Gasteiger partial charge in [-0.2, -0.15) is 0 Å². The Morgan fingerprint density at radius 2 is 1.81 bits per heavy atom. The number of hydrogen-bond donors (Lipinski definition) is 1. The van der Waals surface area contributed by atoms with Crippen molar-refractivity contribution >= 4 is 13.4 Å². The number of fused-ring (bicyclic) bond motifs is 1. The van der Waals surface area contributed by atoms with E-state index in [-0.39, 0.29) is 31.1 Å². The fraction of sp³-hybridized carbons (Fsp3) is 0.350. The topological polar surface area (TPSA) is 82.1 Å². The molecule has 0 unspecified atom stereocenters. The number of ketones is 1. The van der Waals surface area contributed by atoms with E-state index in [1.807, 2.05) is 12.1 Å². The van der Waals surface area contributed by atoms with Gasteiger partial charge in [0.25, 0.3) is 0 Å². The van der Waals surface area contributed by atoms with Gasteiger partial charge in [-0.1, -0.05) is 18.2 Å². The molecule has 2 aromatic carbocycles. The first-order valence-electron chi connectivity index (χ1n) is 8.97. The van der Waals surface area contributed by atoms with Crippen molar-refractivity contribution in [2.75, 3.05) is 19.6 Å². The third-order valence-electron chi connectivity index (χ3n) is 4.34. The fourth-order valence-electron chi connectivity index (χ4n) is 3.27. The van der Waals surface area contributed by atoms with E-state index >= 15 is 0 Å². The summed E-state index contributed by atoms with van der Waals surface area (Å²) in [5, 5.41) is 9.75. The van der Waals surface area contributed by atoms with Gasteiger partial charge in [0.2, 0.25) is 0 Å². The molecule has 3 rings (SSSR count). The van der Waals surface area contributed by atoms with Crippen molar-refractivity contribution < 1.29 is 28.3 Å². The van der Waals surface area contributed by atoms with Gasteiger partial charge in [0.1, 0.15) is 11.5 Å². The monoisotopic (exact) mass is 390 g/mol. The summed E-state index contributed by atoms with van der Waals surface area (Å²) in [6.07, 6.45) is 0.751. The molecule has 0 bridgehead atoms. The van der Waals surface area contributed by atoms with Gasteiger partial charge >= 0.3 is 7.60 Å². The highest BCUT2D eigenvalue weighted by molar-refractivity contribution is 7.53. The quantitative estimate of drug-likeness (QED) is 0.653. The highest BCUT2D eigenvalue weighted by Crippen LogP contribution is 2.49.